The van der Waals surface area contributed by atoms with Gasteiger partial charge in [-0.25, -0.2) is 8.42 Å². The SMILES string of the molecule is Cc1cncc(NS(=O)(=O)Cc2cccc(CO)c2)c1. The van der Waals surface area contributed by atoms with E-state index in [1.807, 2.05) is 6.92 Å². The van der Waals surface area contributed by atoms with Gasteiger partial charge in [-0.3, -0.25) is 9.71 Å². The Morgan fingerprint density at radius 3 is 2.65 bits per heavy atom. The van der Waals surface area contributed by atoms with Crippen molar-refractivity contribution in [3.8, 4) is 0 Å². The molecule has 0 amide bonds. The van der Waals surface area contributed by atoms with Crippen LogP contribution in [-0.2, 0) is 22.4 Å². The number of anilines is 1. The lowest BCUT2D eigenvalue weighted by atomic mass is 10.1. The minimum Gasteiger partial charge on any atom is -0.392 e. The summed E-state index contributed by atoms with van der Waals surface area (Å²) in [4.78, 5) is 3.94. The van der Waals surface area contributed by atoms with Crippen molar-refractivity contribution < 1.29 is 13.5 Å². The van der Waals surface area contributed by atoms with E-state index in [2.05, 4.69) is 9.71 Å². The maximum absolute atomic E-state index is 12.1. The lowest BCUT2D eigenvalue weighted by molar-refractivity contribution is 0.282. The highest BCUT2D eigenvalue weighted by molar-refractivity contribution is 7.91. The molecule has 20 heavy (non-hydrogen) atoms. The van der Waals surface area contributed by atoms with Gasteiger partial charge in [-0.05, 0) is 29.7 Å². The number of sulfonamides is 1. The van der Waals surface area contributed by atoms with Crippen molar-refractivity contribution in [2.45, 2.75) is 19.3 Å². The van der Waals surface area contributed by atoms with Gasteiger partial charge >= 0.3 is 0 Å². The number of aromatic nitrogens is 1. The molecule has 2 N–H and O–H groups in total. The average molecular weight is 292 g/mol. The fourth-order valence-electron chi connectivity index (χ4n) is 1.86. The van der Waals surface area contributed by atoms with Crippen LogP contribution >= 0.6 is 0 Å². The van der Waals surface area contributed by atoms with Crippen LogP contribution < -0.4 is 4.72 Å². The van der Waals surface area contributed by atoms with Crippen molar-refractivity contribution >= 4 is 15.7 Å². The summed E-state index contributed by atoms with van der Waals surface area (Å²) >= 11 is 0. The molecule has 2 rings (SSSR count). The monoisotopic (exact) mass is 292 g/mol. The van der Waals surface area contributed by atoms with E-state index in [9.17, 15) is 8.42 Å². The largest absolute Gasteiger partial charge is 0.392 e. The normalized spacial score (nSPS) is 11.3. The molecular weight excluding hydrogens is 276 g/mol. The number of benzene rings is 1. The van der Waals surface area contributed by atoms with Crippen LogP contribution in [0.5, 0.6) is 0 Å². The van der Waals surface area contributed by atoms with E-state index in [-0.39, 0.29) is 12.4 Å². The Kier molecular flexibility index (Phi) is 4.36. The molecule has 0 aliphatic carbocycles. The molecule has 2 aromatic rings. The Labute approximate surface area is 118 Å². The Hall–Kier alpha value is -1.92. The Balaban J connectivity index is 2.14. The highest BCUT2D eigenvalue weighted by Gasteiger charge is 2.12. The van der Waals surface area contributed by atoms with Crippen LogP contribution in [0.15, 0.2) is 42.7 Å². The third-order valence-electron chi connectivity index (χ3n) is 2.68. The predicted molar refractivity (Wildman–Crippen MR) is 77.6 cm³/mol. The third kappa shape index (κ3) is 4.04. The summed E-state index contributed by atoms with van der Waals surface area (Å²) in [5.74, 6) is -0.144. The van der Waals surface area contributed by atoms with Crippen LogP contribution in [0.3, 0.4) is 0 Å². The van der Waals surface area contributed by atoms with Gasteiger partial charge in [-0.1, -0.05) is 24.3 Å². The quantitative estimate of drug-likeness (QED) is 0.881. The topological polar surface area (TPSA) is 79.3 Å². The summed E-state index contributed by atoms with van der Waals surface area (Å²) < 4.78 is 26.7. The smallest absolute Gasteiger partial charge is 0.236 e. The van der Waals surface area contributed by atoms with E-state index in [4.69, 9.17) is 5.11 Å². The highest BCUT2D eigenvalue weighted by Crippen LogP contribution is 2.14. The summed E-state index contributed by atoms with van der Waals surface area (Å²) in [7, 11) is -3.50. The lowest BCUT2D eigenvalue weighted by Crippen LogP contribution is -2.15. The van der Waals surface area contributed by atoms with Crippen LogP contribution in [0.2, 0.25) is 0 Å². The summed E-state index contributed by atoms with van der Waals surface area (Å²) in [5, 5.41) is 9.05. The zero-order valence-corrected chi connectivity index (χ0v) is 11.9. The fraction of sp³-hybridized carbons (Fsp3) is 0.214. The van der Waals surface area contributed by atoms with Crippen LogP contribution in [0.1, 0.15) is 16.7 Å². The van der Waals surface area contributed by atoms with Gasteiger partial charge in [0.25, 0.3) is 0 Å². The molecule has 6 heteroatoms. The van der Waals surface area contributed by atoms with E-state index >= 15 is 0 Å². The first-order valence-corrected chi connectivity index (χ1v) is 7.74. The van der Waals surface area contributed by atoms with Gasteiger partial charge in [-0.15, -0.1) is 0 Å². The minimum absolute atomic E-state index is 0.108. The van der Waals surface area contributed by atoms with E-state index in [0.717, 1.165) is 5.56 Å². The zero-order chi connectivity index (χ0) is 14.6. The van der Waals surface area contributed by atoms with Crippen molar-refractivity contribution in [3.05, 3.63) is 59.4 Å². The molecule has 0 aliphatic heterocycles. The summed E-state index contributed by atoms with van der Waals surface area (Å²) in [6, 6.07) is 8.58. The number of pyridine rings is 1. The van der Waals surface area contributed by atoms with Gasteiger partial charge in [0.2, 0.25) is 10.0 Å². The number of rotatable bonds is 5. The van der Waals surface area contributed by atoms with Crippen molar-refractivity contribution in [1.82, 2.24) is 4.98 Å². The molecule has 5 nitrogen and oxygen atoms in total. The molecular formula is C14H16N2O3S. The highest BCUT2D eigenvalue weighted by atomic mass is 32.2. The number of nitrogens with zero attached hydrogens (tertiary/aromatic N) is 1. The van der Waals surface area contributed by atoms with Crippen LogP contribution in [-0.4, -0.2) is 18.5 Å². The lowest BCUT2D eigenvalue weighted by Gasteiger charge is -2.09. The summed E-state index contributed by atoms with van der Waals surface area (Å²) in [6.07, 6.45) is 3.12. The van der Waals surface area contributed by atoms with Gasteiger partial charge in [0, 0.05) is 6.20 Å². The van der Waals surface area contributed by atoms with E-state index in [1.165, 1.54) is 6.20 Å². The van der Waals surface area contributed by atoms with E-state index in [1.54, 1.807) is 36.5 Å². The van der Waals surface area contributed by atoms with Gasteiger partial charge in [0.1, 0.15) is 0 Å². The molecule has 0 unspecified atom stereocenters. The molecule has 0 atom stereocenters. The standard InChI is InChI=1S/C14H16N2O3S/c1-11-5-14(8-15-7-11)16-20(18,19)10-13-4-2-3-12(6-13)9-17/h2-8,16-17H,9-10H2,1H3. The molecule has 0 radical (unpaired) electrons. The average Bonchev–Trinajstić information content (AvgIpc) is 2.37. The van der Waals surface area contributed by atoms with Crippen LogP contribution in [0.4, 0.5) is 5.69 Å². The van der Waals surface area contributed by atoms with Crippen LogP contribution in [0, 0.1) is 6.92 Å². The van der Waals surface area contributed by atoms with Gasteiger partial charge < -0.3 is 5.11 Å². The Bertz CT molecular complexity index is 699. The molecule has 0 saturated heterocycles. The molecule has 1 aromatic heterocycles. The number of aryl methyl sites for hydroxylation is 1. The first-order chi connectivity index (χ1) is 9.48. The van der Waals surface area contributed by atoms with Crippen molar-refractivity contribution in [2.24, 2.45) is 0 Å². The molecule has 0 fully saturated rings. The molecule has 1 aromatic carbocycles. The third-order valence-corrected chi connectivity index (χ3v) is 3.94. The van der Waals surface area contributed by atoms with Gasteiger partial charge in [0.05, 0.1) is 24.2 Å². The van der Waals surface area contributed by atoms with Crippen LogP contribution in [0.25, 0.3) is 0 Å². The summed E-state index contributed by atoms with van der Waals surface area (Å²) in [6.45, 7) is 1.73. The zero-order valence-electron chi connectivity index (χ0n) is 11.1. The maximum Gasteiger partial charge on any atom is 0.236 e. The molecule has 0 saturated carbocycles. The molecule has 0 bridgehead atoms. The fourth-order valence-corrected chi connectivity index (χ4v) is 3.02. The van der Waals surface area contributed by atoms with Gasteiger partial charge in [0.15, 0.2) is 0 Å². The molecule has 106 valence electrons. The molecule has 0 aliphatic rings. The summed E-state index contributed by atoms with van der Waals surface area (Å²) in [5.41, 5.74) is 2.65. The second kappa shape index (κ2) is 6.02. The Morgan fingerprint density at radius 1 is 1.20 bits per heavy atom. The molecule has 0 spiro atoms. The second-order valence-electron chi connectivity index (χ2n) is 4.59. The van der Waals surface area contributed by atoms with Gasteiger partial charge in [-0.2, -0.15) is 0 Å². The number of aliphatic hydroxyl groups is 1. The molecule has 1 heterocycles. The minimum atomic E-state index is -3.50. The van der Waals surface area contributed by atoms with E-state index in [0.29, 0.717) is 16.8 Å². The van der Waals surface area contributed by atoms with E-state index < -0.39 is 10.0 Å². The van der Waals surface area contributed by atoms with Crippen molar-refractivity contribution in [2.75, 3.05) is 4.72 Å². The first-order valence-electron chi connectivity index (χ1n) is 6.09. The number of aliphatic hydroxyl groups excluding tert-OH is 1. The number of hydrogen-bond acceptors (Lipinski definition) is 4. The van der Waals surface area contributed by atoms with Crippen molar-refractivity contribution in [3.63, 3.8) is 0 Å². The van der Waals surface area contributed by atoms with Crippen molar-refractivity contribution in [1.29, 1.82) is 0 Å². The maximum atomic E-state index is 12.1. The number of hydrogen-bond donors (Lipinski definition) is 2. The number of nitrogens with one attached hydrogen (secondary N) is 1. The first kappa shape index (κ1) is 14.5. The second-order valence-corrected chi connectivity index (χ2v) is 6.31. The Morgan fingerprint density at radius 2 is 1.95 bits per heavy atom. The predicted octanol–water partition coefficient (Wildman–Crippen LogP) is 1.82.